The molecule has 1 aliphatic rings. The zero-order chi connectivity index (χ0) is 19.9. The number of hydrogen-bond donors (Lipinski definition) is 1. The minimum Gasteiger partial charge on any atom is -0.497 e. The van der Waals surface area contributed by atoms with Crippen molar-refractivity contribution in [3.8, 4) is 5.75 Å². The number of benzene rings is 2. The van der Waals surface area contributed by atoms with Gasteiger partial charge in [-0.15, -0.1) is 11.8 Å². The average molecular weight is 402 g/mol. The highest BCUT2D eigenvalue weighted by Crippen LogP contribution is 2.27. The Morgan fingerprint density at radius 3 is 2.61 bits per heavy atom. The first-order valence-corrected chi connectivity index (χ1v) is 10.2. The molecule has 1 fully saturated rings. The maximum Gasteiger partial charge on any atom is 0.227 e. The summed E-state index contributed by atoms with van der Waals surface area (Å²) in [6.45, 7) is 0.946. The molecule has 1 saturated heterocycles. The lowest BCUT2D eigenvalue weighted by atomic mass is 10.1. The molecule has 0 spiro atoms. The highest BCUT2D eigenvalue weighted by molar-refractivity contribution is 7.99. The molecule has 28 heavy (non-hydrogen) atoms. The lowest BCUT2D eigenvalue weighted by Crippen LogP contribution is -2.33. The van der Waals surface area contributed by atoms with E-state index in [2.05, 4.69) is 5.32 Å². The van der Waals surface area contributed by atoms with Crippen molar-refractivity contribution in [2.24, 2.45) is 5.92 Å². The summed E-state index contributed by atoms with van der Waals surface area (Å²) in [5.41, 5.74) is 0.775. The Balaban J connectivity index is 1.41. The van der Waals surface area contributed by atoms with Crippen molar-refractivity contribution in [2.75, 3.05) is 30.9 Å². The zero-order valence-corrected chi connectivity index (χ0v) is 16.5. The highest BCUT2D eigenvalue weighted by Gasteiger charge is 2.34. The van der Waals surface area contributed by atoms with Crippen LogP contribution in [-0.2, 0) is 9.59 Å². The number of methoxy groups -OCH3 is 1. The van der Waals surface area contributed by atoms with Gasteiger partial charge in [0.15, 0.2) is 0 Å². The van der Waals surface area contributed by atoms with E-state index >= 15 is 0 Å². The molecule has 7 heteroatoms. The number of nitrogens with zero attached hydrogens (tertiary/aromatic N) is 1. The van der Waals surface area contributed by atoms with E-state index in [-0.39, 0.29) is 30.0 Å². The summed E-state index contributed by atoms with van der Waals surface area (Å²) in [5, 5.41) is 2.92. The summed E-state index contributed by atoms with van der Waals surface area (Å²) >= 11 is 1.62. The minimum atomic E-state index is -0.334. The first-order valence-electron chi connectivity index (χ1n) is 9.17. The van der Waals surface area contributed by atoms with Crippen LogP contribution in [0.3, 0.4) is 0 Å². The van der Waals surface area contributed by atoms with Crippen LogP contribution in [-0.4, -0.2) is 37.8 Å². The van der Waals surface area contributed by atoms with Crippen LogP contribution in [0, 0.1) is 11.7 Å². The predicted molar refractivity (Wildman–Crippen MR) is 108 cm³/mol. The fourth-order valence-corrected chi connectivity index (χ4v) is 3.90. The van der Waals surface area contributed by atoms with Crippen molar-refractivity contribution < 1.29 is 18.7 Å². The molecule has 2 aromatic rings. The molecule has 148 valence electrons. The van der Waals surface area contributed by atoms with Gasteiger partial charge >= 0.3 is 0 Å². The van der Waals surface area contributed by atoms with Crippen LogP contribution in [0.4, 0.5) is 10.1 Å². The van der Waals surface area contributed by atoms with Gasteiger partial charge in [-0.05, 0) is 60.7 Å². The summed E-state index contributed by atoms with van der Waals surface area (Å²) < 4.78 is 18.0. The van der Waals surface area contributed by atoms with Gasteiger partial charge in [0.05, 0.1) is 13.0 Å². The average Bonchev–Trinajstić information content (AvgIpc) is 3.11. The van der Waals surface area contributed by atoms with Crippen LogP contribution in [0.5, 0.6) is 5.75 Å². The summed E-state index contributed by atoms with van der Waals surface area (Å²) in [5.74, 6) is 0.843. The van der Waals surface area contributed by atoms with Crippen molar-refractivity contribution in [3.05, 3.63) is 54.3 Å². The number of rotatable bonds is 8. The second-order valence-electron chi connectivity index (χ2n) is 6.55. The summed E-state index contributed by atoms with van der Waals surface area (Å²) in [6.07, 6.45) is 1.03. The van der Waals surface area contributed by atoms with Gasteiger partial charge in [0.2, 0.25) is 11.8 Å². The Morgan fingerprint density at radius 2 is 1.93 bits per heavy atom. The van der Waals surface area contributed by atoms with E-state index < -0.39 is 0 Å². The molecule has 0 radical (unpaired) electrons. The van der Waals surface area contributed by atoms with Gasteiger partial charge in [-0.3, -0.25) is 9.59 Å². The third-order valence-corrected chi connectivity index (χ3v) is 5.68. The smallest absolute Gasteiger partial charge is 0.227 e. The van der Waals surface area contributed by atoms with Gasteiger partial charge in [-0.1, -0.05) is 0 Å². The van der Waals surface area contributed by atoms with Crippen LogP contribution in [0.15, 0.2) is 53.4 Å². The molecule has 0 bridgehead atoms. The molecule has 0 saturated carbocycles. The Labute approximate surface area is 168 Å². The molecule has 0 aromatic heterocycles. The number of carbonyl (C=O) groups is 2. The fraction of sp³-hybridized carbons (Fsp3) is 0.333. The third-order valence-electron chi connectivity index (χ3n) is 4.58. The van der Waals surface area contributed by atoms with E-state index in [4.69, 9.17) is 4.74 Å². The number of amides is 2. The number of carbonyl (C=O) groups excluding carboxylic acids is 2. The molecule has 3 rings (SSSR count). The maximum atomic E-state index is 12.9. The van der Waals surface area contributed by atoms with Gasteiger partial charge in [0, 0.05) is 30.1 Å². The fourth-order valence-electron chi connectivity index (χ4n) is 3.04. The van der Waals surface area contributed by atoms with E-state index in [9.17, 15) is 14.0 Å². The van der Waals surface area contributed by atoms with Gasteiger partial charge in [0.1, 0.15) is 11.6 Å². The van der Waals surface area contributed by atoms with E-state index in [0.29, 0.717) is 13.1 Å². The minimum absolute atomic E-state index is 0.0443. The van der Waals surface area contributed by atoms with Gasteiger partial charge < -0.3 is 15.0 Å². The quantitative estimate of drug-likeness (QED) is 0.543. The highest BCUT2D eigenvalue weighted by atomic mass is 32.2. The van der Waals surface area contributed by atoms with E-state index in [0.717, 1.165) is 28.5 Å². The van der Waals surface area contributed by atoms with E-state index in [1.807, 2.05) is 12.1 Å². The van der Waals surface area contributed by atoms with E-state index in [1.165, 1.54) is 12.1 Å². The van der Waals surface area contributed by atoms with Crippen LogP contribution in [0.2, 0.25) is 0 Å². The first kappa shape index (κ1) is 20.2. The Bertz CT molecular complexity index is 811. The normalized spacial score (nSPS) is 16.3. The first-order chi connectivity index (χ1) is 13.6. The SMILES string of the molecule is COc1ccc(N2CC(C(=O)NCCCSc3ccc(F)cc3)CC2=O)cc1. The monoisotopic (exact) mass is 402 g/mol. The van der Waals surface area contributed by atoms with Gasteiger partial charge in [-0.25, -0.2) is 4.39 Å². The Hall–Kier alpha value is -2.54. The van der Waals surface area contributed by atoms with Crippen molar-refractivity contribution in [1.82, 2.24) is 5.32 Å². The molecule has 1 N–H and O–H groups in total. The molecule has 1 heterocycles. The third kappa shape index (κ3) is 5.25. The molecule has 1 unspecified atom stereocenters. The molecule has 1 atom stereocenters. The zero-order valence-electron chi connectivity index (χ0n) is 15.7. The summed E-state index contributed by atoms with van der Waals surface area (Å²) in [4.78, 5) is 27.3. The second-order valence-corrected chi connectivity index (χ2v) is 7.72. The number of ether oxygens (including phenoxy) is 1. The number of nitrogens with one attached hydrogen (secondary N) is 1. The van der Waals surface area contributed by atoms with Crippen molar-refractivity contribution in [3.63, 3.8) is 0 Å². The molecule has 0 aliphatic carbocycles. The molecular formula is C21H23FN2O3S. The second kappa shape index (κ2) is 9.59. The van der Waals surface area contributed by atoms with Crippen LogP contribution in [0.1, 0.15) is 12.8 Å². The standard InChI is InChI=1S/C21H23FN2O3S/c1-27-18-7-5-17(6-8-18)24-14-15(13-20(24)25)21(26)23-11-2-12-28-19-9-3-16(22)4-10-19/h3-10,15H,2,11-14H2,1H3,(H,23,26). The summed E-state index contributed by atoms with van der Waals surface area (Å²) in [6, 6.07) is 13.6. The molecule has 2 amide bonds. The number of halogens is 1. The maximum absolute atomic E-state index is 12.9. The predicted octanol–water partition coefficient (Wildman–Crippen LogP) is 3.49. The number of thioether (sulfide) groups is 1. The van der Waals surface area contributed by atoms with Crippen LogP contribution in [0.25, 0.3) is 0 Å². The lowest BCUT2D eigenvalue weighted by molar-refractivity contribution is -0.126. The number of anilines is 1. The lowest BCUT2D eigenvalue weighted by Gasteiger charge is -2.17. The van der Waals surface area contributed by atoms with E-state index in [1.54, 1.807) is 48.0 Å². The Kier molecular flexibility index (Phi) is 6.92. The van der Waals surface area contributed by atoms with Crippen molar-refractivity contribution in [1.29, 1.82) is 0 Å². The topological polar surface area (TPSA) is 58.6 Å². The Morgan fingerprint density at radius 1 is 1.21 bits per heavy atom. The largest absolute Gasteiger partial charge is 0.497 e. The van der Waals surface area contributed by atoms with Crippen LogP contribution < -0.4 is 15.0 Å². The van der Waals surface area contributed by atoms with Crippen molar-refractivity contribution in [2.45, 2.75) is 17.7 Å². The van der Waals surface area contributed by atoms with Gasteiger partial charge in [-0.2, -0.15) is 0 Å². The summed E-state index contributed by atoms with van der Waals surface area (Å²) in [7, 11) is 1.59. The molecule has 5 nitrogen and oxygen atoms in total. The molecular weight excluding hydrogens is 379 g/mol. The molecule has 2 aromatic carbocycles. The number of hydrogen-bond acceptors (Lipinski definition) is 4. The van der Waals surface area contributed by atoms with Gasteiger partial charge in [0.25, 0.3) is 0 Å². The molecule has 1 aliphatic heterocycles. The van der Waals surface area contributed by atoms with Crippen LogP contribution >= 0.6 is 11.8 Å². The van der Waals surface area contributed by atoms with Crippen molar-refractivity contribution >= 4 is 29.3 Å².